The molecule has 1 unspecified atom stereocenters. The van der Waals surface area contributed by atoms with Crippen molar-refractivity contribution in [2.45, 2.75) is 12.8 Å². The summed E-state index contributed by atoms with van der Waals surface area (Å²) in [4.78, 5) is 12.7. The van der Waals surface area contributed by atoms with Gasteiger partial charge in [0.05, 0.1) is 5.92 Å². The van der Waals surface area contributed by atoms with Gasteiger partial charge in [-0.05, 0) is 34.8 Å². The first-order valence-electron chi connectivity index (χ1n) is 9.46. The van der Waals surface area contributed by atoms with Gasteiger partial charge in [0.2, 0.25) is 5.91 Å². The van der Waals surface area contributed by atoms with Crippen molar-refractivity contribution in [3.8, 4) is 0 Å². The lowest BCUT2D eigenvalue weighted by molar-refractivity contribution is -0.121. The average Bonchev–Trinajstić information content (AvgIpc) is 2.77. The summed E-state index contributed by atoms with van der Waals surface area (Å²) < 4.78 is 0. The van der Waals surface area contributed by atoms with Crippen LogP contribution in [0.25, 0.3) is 11.1 Å². The molecule has 0 saturated heterocycles. The summed E-state index contributed by atoms with van der Waals surface area (Å²) in [5.74, 6) is -0.383. The normalized spacial score (nSPS) is 13.1. The number of benzene rings is 3. The molecule has 0 aromatic heterocycles. The average molecular weight is 367 g/mol. The SMILES string of the molecule is CNC(=O)C(/C=C(\C=C(\C)c1ccccc1)c1ccccc1)c1ccccc1. The fourth-order valence-electron chi connectivity index (χ4n) is 3.19. The lowest BCUT2D eigenvalue weighted by atomic mass is 9.91. The Morgan fingerprint density at radius 1 is 0.786 bits per heavy atom. The van der Waals surface area contributed by atoms with E-state index in [1.54, 1.807) is 7.05 Å². The minimum atomic E-state index is -0.360. The molecule has 1 amide bonds. The number of likely N-dealkylation sites (N-methyl/N-ethyl adjacent to an activating group) is 1. The third-order valence-electron chi connectivity index (χ3n) is 4.74. The molecule has 0 fully saturated rings. The highest BCUT2D eigenvalue weighted by atomic mass is 16.1. The number of carbonyl (C=O) groups is 1. The van der Waals surface area contributed by atoms with E-state index in [9.17, 15) is 4.79 Å². The third-order valence-corrected chi connectivity index (χ3v) is 4.74. The maximum Gasteiger partial charge on any atom is 0.231 e. The lowest BCUT2D eigenvalue weighted by Gasteiger charge is -2.15. The van der Waals surface area contributed by atoms with E-state index in [4.69, 9.17) is 0 Å². The predicted octanol–water partition coefficient (Wildman–Crippen LogP) is 5.70. The summed E-state index contributed by atoms with van der Waals surface area (Å²) in [5, 5.41) is 2.80. The molecule has 140 valence electrons. The fourth-order valence-corrected chi connectivity index (χ4v) is 3.19. The summed E-state index contributed by atoms with van der Waals surface area (Å²) >= 11 is 0. The van der Waals surface area contributed by atoms with E-state index in [0.717, 1.165) is 22.3 Å². The number of amides is 1. The predicted molar refractivity (Wildman–Crippen MR) is 118 cm³/mol. The number of hydrogen-bond donors (Lipinski definition) is 1. The lowest BCUT2D eigenvalue weighted by Crippen LogP contribution is -2.24. The molecule has 3 rings (SSSR count). The Hall–Kier alpha value is -3.39. The molecule has 2 heteroatoms. The number of nitrogens with one attached hydrogen (secondary N) is 1. The Morgan fingerprint density at radius 3 is 1.82 bits per heavy atom. The van der Waals surface area contributed by atoms with Crippen LogP contribution in [-0.2, 0) is 4.79 Å². The first-order valence-corrected chi connectivity index (χ1v) is 9.46. The molecule has 0 saturated carbocycles. The van der Waals surface area contributed by atoms with Gasteiger partial charge in [-0.1, -0.05) is 103 Å². The maximum absolute atomic E-state index is 12.7. The van der Waals surface area contributed by atoms with Crippen LogP contribution in [-0.4, -0.2) is 13.0 Å². The van der Waals surface area contributed by atoms with E-state index in [1.807, 2.05) is 66.7 Å². The molecule has 0 bridgehead atoms. The molecular formula is C26H25NO. The van der Waals surface area contributed by atoms with Gasteiger partial charge in [-0.2, -0.15) is 0 Å². The number of rotatable bonds is 6. The van der Waals surface area contributed by atoms with E-state index in [2.05, 4.69) is 48.7 Å². The largest absolute Gasteiger partial charge is 0.358 e. The summed E-state index contributed by atoms with van der Waals surface area (Å²) in [6, 6.07) is 30.4. The molecule has 0 heterocycles. The van der Waals surface area contributed by atoms with Crippen LogP contribution in [0.2, 0.25) is 0 Å². The topological polar surface area (TPSA) is 29.1 Å². The Labute approximate surface area is 167 Å². The molecule has 0 aliphatic carbocycles. The summed E-state index contributed by atoms with van der Waals surface area (Å²) in [7, 11) is 1.68. The van der Waals surface area contributed by atoms with Crippen LogP contribution < -0.4 is 5.32 Å². The fraction of sp³-hybridized carbons (Fsp3) is 0.115. The van der Waals surface area contributed by atoms with Gasteiger partial charge in [0.15, 0.2) is 0 Å². The molecular weight excluding hydrogens is 342 g/mol. The van der Waals surface area contributed by atoms with Crippen molar-refractivity contribution in [2.75, 3.05) is 7.05 Å². The molecule has 1 N–H and O–H groups in total. The van der Waals surface area contributed by atoms with Crippen molar-refractivity contribution in [1.29, 1.82) is 0 Å². The molecule has 3 aromatic rings. The number of carbonyl (C=O) groups excluding carboxylic acids is 1. The van der Waals surface area contributed by atoms with Gasteiger partial charge in [-0.3, -0.25) is 4.79 Å². The minimum absolute atomic E-state index is 0.0228. The molecule has 1 atom stereocenters. The van der Waals surface area contributed by atoms with Gasteiger partial charge in [0, 0.05) is 7.05 Å². The smallest absolute Gasteiger partial charge is 0.231 e. The molecule has 0 radical (unpaired) electrons. The quantitative estimate of drug-likeness (QED) is 0.556. The van der Waals surface area contributed by atoms with Crippen LogP contribution in [0.4, 0.5) is 0 Å². The summed E-state index contributed by atoms with van der Waals surface area (Å²) in [6.07, 6.45) is 4.21. The van der Waals surface area contributed by atoms with E-state index in [0.29, 0.717) is 0 Å². The first-order chi connectivity index (χ1) is 13.7. The van der Waals surface area contributed by atoms with Crippen molar-refractivity contribution < 1.29 is 4.79 Å². The Balaban J connectivity index is 2.11. The zero-order chi connectivity index (χ0) is 19.8. The highest BCUT2D eigenvalue weighted by Crippen LogP contribution is 2.27. The second kappa shape index (κ2) is 9.52. The second-order valence-corrected chi connectivity index (χ2v) is 6.68. The van der Waals surface area contributed by atoms with Crippen LogP contribution in [0.5, 0.6) is 0 Å². The van der Waals surface area contributed by atoms with Gasteiger partial charge >= 0.3 is 0 Å². The highest BCUT2D eigenvalue weighted by Gasteiger charge is 2.18. The zero-order valence-corrected chi connectivity index (χ0v) is 16.3. The van der Waals surface area contributed by atoms with Crippen LogP contribution in [0, 0.1) is 0 Å². The standard InChI is InChI=1S/C26H25NO/c1-20(21-12-6-3-7-13-21)18-24(22-14-8-4-9-15-22)19-25(26(28)27-2)23-16-10-5-11-17-23/h3-19,25H,1-2H3,(H,27,28)/b20-18-,24-19+. The van der Waals surface area contributed by atoms with E-state index in [1.165, 1.54) is 5.56 Å². The molecule has 0 spiro atoms. The molecule has 0 aliphatic heterocycles. The van der Waals surface area contributed by atoms with Crippen molar-refractivity contribution in [3.05, 3.63) is 120 Å². The molecule has 3 aromatic carbocycles. The van der Waals surface area contributed by atoms with Gasteiger partial charge in [0.1, 0.15) is 0 Å². The maximum atomic E-state index is 12.7. The summed E-state index contributed by atoms with van der Waals surface area (Å²) in [5.41, 5.74) is 5.41. The zero-order valence-electron chi connectivity index (χ0n) is 16.3. The van der Waals surface area contributed by atoms with Crippen molar-refractivity contribution in [1.82, 2.24) is 5.32 Å². The van der Waals surface area contributed by atoms with Gasteiger partial charge in [-0.15, -0.1) is 0 Å². The Kier molecular flexibility index (Phi) is 6.59. The van der Waals surface area contributed by atoms with Gasteiger partial charge < -0.3 is 5.32 Å². The van der Waals surface area contributed by atoms with Crippen molar-refractivity contribution in [3.63, 3.8) is 0 Å². The highest BCUT2D eigenvalue weighted by molar-refractivity contribution is 5.91. The van der Waals surface area contributed by atoms with E-state index >= 15 is 0 Å². The van der Waals surface area contributed by atoms with Crippen LogP contribution in [0.3, 0.4) is 0 Å². The van der Waals surface area contributed by atoms with Crippen LogP contribution >= 0.6 is 0 Å². The van der Waals surface area contributed by atoms with Gasteiger partial charge in [0.25, 0.3) is 0 Å². The third kappa shape index (κ3) is 4.86. The monoisotopic (exact) mass is 367 g/mol. The Morgan fingerprint density at radius 2 is 1.29 bits per heavy atom. The van der Waals surface area contributed by atoms with Crippen molar-refractivity contribution >= 4 is 17.1 Å². The Bertz CT molecular complexity index is 957. The summed E-state index contributed by atoms with van der Waals surface area (Å²) in [6.45, 7) is 2.10. The second-order valence-electron chi connectivity index (χ2n) is 6.68. The van der Waals surface area contributed by atoms with Crippen LogP contribution in [0.15, 0.2) is 103 Å². The van der Waals surface area contributed by atoms with Crippen molar-refractivity contribution in [2.24, 2.45) is 0 Å². The van der Waals surface area contributed by atoms with Crippen LogP contribution in [0.1, 0.15) is 29.5 Å². The number of allylic oxidation sites excluding steroid dienone is 3. The first kappa shape index (κ1) is 19.4. The number of hydrogen-bond acceptors (Lipinski definition) is 1. The minimum Gasteiger partial charge on any atom is -0.358 e. The van der Waals surface area contributed by atoms with Gasteiger partial charge in [-0.25, -0.2) is 0 Å². The molecule has 0 aliphatic rings. The molecule has 28 heavy (non-hydrogen) atoms. The van der Waals surface area contributed by atoms with E-state index in [-0.39, 0.29) is 11.8 Å². The molecule has 2 nitrogen and oxygen atoms in total. The van der Waals surface area contributed by atoms with E-state index < -0.39 is 0 Å².